The predicted molar refractivity (Wildman–Crippen MR) is 143 cm³/mol. The molecule has 0 spiro atoms. The Hall–Kier alpha value is -2.53. The Balaban J connectivity index is 1.18. The molecular weight excluding hydrogens is 581 g/mol. The number of amides is 1. The standard InChI is InChI=1S/C25H21Cl3F2N4O3S/c26-14-8-16(27)22(17(28)9-14)20-10-18(32-37-20)19-12-38-24(31-19)13-3-6-33(7-4-13)21(35)11-34-5-1-2-15(23(29)30)25(34)36/h1-2,5,8-9,12-13,20,23H,3-4,6-7,10-11H2. The first-order valence-corrected chi connectivity index (χ1v) is 13.8. The van der Waals surface area contributed by atoms with Crippen molar-refractivity contribution in [3.05, 3.63) is 83.1 Å². The van der Waals surface area contributed by atoms with Crippen LogP contribution in [-0.2, 0) is 16.2 Å². The van der Waals surface area contributed by atoms with Crippen molar-refractivity contribution in [1.82, 2.24) is 14.5 Å². The minimum absolute atomic E-state index is 0.168. The van der Waals surface area contributed by atoms with E-state index in [1.54, 1.807) is 17.0 Å². The van der Waals surface area contributed by atoms with Crippen molar-refractivity contribution in [1.29, 1.82) is 0 Å². The van der Waals surface area contributed by atoms with Gasteiger partial charge in [-0.2, -0.15) is 0 Å². The summed E-state index contributed by atoms with van der Waals surface area (Å²) in [5.41, 5.74) is 0.602. The van der Waals surface area contributed by atoms with Gasteiger partial charge in [-0.05, 0) is 37.1 Å². The molecule has 2 aliphatic rings. The molecule has 3 aromatic rings. The average molecular weight is 602 g/mol. The number of alkyl halides is 2. The van der Waals surface area contributed by atoms with Gasteiger partial charge in [0.1, 0.15) is 12.3 Å². The number of pyridine rings is 1. The predicted octanol–water partition coefficient (Wildman–Crippen LogP) is 6.47. The van der Waals surface area contributed by atoms with Gasteiger partial charge < -0.3 is 14.3 Å². The number of carbonyl (C=O) groups excluding carboxylic acids is 1. The van der Waals surface area contributed by atoms with Gasteiger partial charge in [0.25, 0.3) is 12.0 Å². The minimum Gasteiger partial charge on any atom is -0.387 e. The molecule has 1 amide bonds. The second kappa shape index (κ2) is 11.3. The zero-order chi connectivity index (χ0) is 27.0. The van der Waals surface area contributed by atoms with Crippen LogP contribution in [0.25, 0.3) is 0 Å². The Bertz CT molecular complexity index is 1430. The van der Waals surface area contributed by atoms with Crippen molar-refractivity contribution in [2.75, 3.05) is 13.1 Å². The van der Waals surface area contributed by atoms with E-state index in [1.165, 1.54) is 23.6 Å². The van der Waals surface area contributed by atoms with E-state index in [0.717, 1.165) is 21.3 Å². The number of aromatic nitrogens is 2. The fourth-order valence-corrected chi connectivity index (χ4v) is 6.68. The van der Waals surface area contributed by atoms with Crippen LogP contribution in [-0.4, -0.2) is 39.2 Å². The fourth-order valence-electron chi connectivity index (χ4n) is 4.62. The van der Waals surface area contributed by atoms with E-state index in [9.17, 15) is 18.4 Å². The highest BCUT2D eigenvalue weighted by atomic mass is 35.5. The summed E-state index contributed by atoms with van der Waals surface area (Å²) in [5, 5.41) is 8.36. The summed E-state index contributed by atoms with van der Waals surface area (Å²) in [6.07, 6.45) is -0.104. The molecule has 38 heavy (non-hydrogen) atoms. The summed E-state index contributed by atoms with van der Waals surface area (Å²) >= 11 is 20.2. The lowest BCUT2D eigenvalue weighted by atomic mass is 9.97. The van der Waals surface area contributed by atoms with Crippen LogP contribution < -0.4 is 5.56 Å². The third-order valence-corrected chi connectivity index (χ3v) is 8.49. The van der Waals surface area contributed by atoms with Crippen molar-refractivity contribution < 1.29 is 18.4 Å². The van der Waals surface area contributed by atoms with E-state index in [1.807, 2.05) is 5.38 Å². The van der Waals surface area contributed by atoms with Gasteiger partial charge in [-0.25, -0.2) is 13.8 Å². The molecule has 4 heterocycles. The van der Waals surface area contributed by atoms with Crippen LogP contribution >= 0.6 is 46.1 Å². The monoisotopic (exact) mass is 600 g/mol. The Morgan fingerprint density at radius 1 is 1.18 bits per heavy atom. The quantitative estimate of drug-likeness (QED) is 0.324. The SMILES string of the molecule is O=C(Cn1cccc(C(F)F)c1=O)N1CCC(c2nc(C3=NOC(c4c(Cl)cc(Cl)cc4Cl)C3)cs2)CC1. The molecule has 13 heteroatoms. The number of oxime groups is 1. The number of piperidine rings is 1. The normalized spacial score (nSPS) is 18.1. The molecule has 0 bridgehead atoms. The molecule has 1 atom stereocenters. The van der Waals surface area contributed by atoms with E-state index >= 15 is 0 Å². The third kappa shape index (κ3) is 5.59. The van der Waals surface area contributed by atoms with Crippen molar-refractivity contribution in [2.24, 2.45) is 5.16 Å². The molecular formula is C25H21Cl3F2N4O3S. The number of rotatable bonds is 6. The third-order valence-electron chi connectivity index (χ3n) is 6.64. The summed E-state index contributed by atoms with van der Waals surface area (Å²) < 4.78 is 27.0. The van der Waals surface area contributed by atoms with Crippen LogP contribution in [0.15, 0.2) is 45.8 Å². The topological polar surface area (TPSA) is 76.8 Å². The summed E-state index contributed by atoms with van der Waals surface area (Å²) in [6.45, 7) is 0.705. The zero-order valence-electron chi connectivity index (χ0n) is 19.8. The van der Waals surface area contributed by atoms with Crippen molar-refractivity contribution in [3.8, 4) is 0 Å². The van der Waals surface area contributed by atoms with E-state index in [0.29, 0.717) is 58.7 Å². The first kappa shape index (κ1) is 27.1. The molecule has 0 saturated carbocycles. The number of halogens is 5. The zero-order valence-corrected chi connectivity index (χ0v) is 22.8. The number of nitrogens with zero attached hydrogens (tertiary/aromatic N) is 4. The van der Waals surface area contributed by atoms with Crippen LogP contribution in [0, 0.1) is 0 Å². The molecule has 1 unspecified atom stereocenters. The van der Waals surface area contributed by atoms with E-state index in [-0.39, 0.29) is 18.4 Å². The molecule has 1 saturated heterocycles. The number of hydrogen-bond donors (Lipinski definition) is 0. The molecule has 0 aliphatic carbocycles. The van der Waals surface area contributed by atoms with Crippen LogP contribution in [0.1, 0.15) is 59.5 Å². The lowest BCUT2D eigenvalue weighted by Gasteiger charge is -2.31. The largest absolute Gasteiger partial charge is 0.387 e. The van der Waals surface area contributed by atoms with Gasteiger partial charge in [-0.15, -0.1) is 11.3 Å². The van der Waals surface area contributed by atoms with Crippen LogP contribution in [0.4, 0.5) is 8.78 Å². The van der Waals surface area contributed by atoms with Crippen molar-refractivity contribution in [3.63, 3.8) is 0 Å². The lowest BCUT2D eigenvalue weighted by molar-refractivity contribution is -0.133. The highest BCUT2D eigenvalue weighted by Gasteiger charge is 2.31. The summed E-state index contributed by atoms with van der Waals surface area (Å²) in [7, 11) is 0. The molecule has 200 valence electrons. The maximum atomic E-state index is 13.0. The molecule has 2 aliphatic heterocycles. The van der Waals surface area contributed by atoms with Gasteiger partial charge >= 0.3 is 0 Å². The van der Waals surface area contributed by atoms with Crippen LogP contribution in [0.3, 0.4) is 0 Å². The second-order valence-electron chi connectivity index (χ2n) is 9.04. The first-order valence-electron chi connectivity index (χ1n) is 11.8. The van der Waals surface area contributed by atoms with E-state index < -0.39 is 23.7 Å². The second-order valence-corrected chi connectivity index (χ2v) is 11.2. The number of benzene rings is 1. The summed E-state index contributed by atoms with van der Waals surface area (Å²) in [4.78, 5) is 37.0. The maximum absolute atomic E-state index is 13.0. The van der Waals surface area contributed by atoms with E-state index in [4.69, 9.17) is 44.6 Å². The van der Waals surface area contributed by atoms with Gasteiger partial charge in [-0.3, -0.25) is 9.59 Å². The first-order chi connectivity index (χ1) is 18.2. The Labute approximate surface area is 235 Å². The van der Waals surface area contributed by atoms with Crippen molar-refractivity contribution in [2.45, 2.75) is 44.3 Å². The van der Waals surface area contributed by atoms with Gasteiger partial charge in [0.2, 0.25) is 5.91 Å². The molecule has 0 radical (unpaired) electrons. The van der Waals surface area contributed by atoms with Gasteiger partial charge in [0.15, 0.2) is 6.10 Å². The Morgan fingerprint density at radius 2 is 1.89 bits per heavy atom. The van der Waals surface area contributed by atoms with Crippen LogP contribution in [0.5, 0.6) is 0 Å². The summed E-state index contributed by atoms with van der Waals surface area (Å²) in [6, 6.07) is 5.65. The number of likely N-dealkylation sites (tertiary alicyclic amines) is 1. The number of carbonyl (C=O) groups is 1. The lowest BCUT2D eigenvalue weighted by Crippen LogP contribution is -2.41. The highest BCUT2D eigenvalue weighted by Crippen LogP contribution is 2.40. The summed E-state index contributed by atoms with van der Waals surface area (Å²) in [5.74, 6) is -0.110. The number of hydrogen-bond acceptors (Lipinski definition) is 6. The highest BCUT2D eigenvalue weighted by molar-refractivity contribution is 7.10. The van der Waals surface area contributed by atoms with Crippen LogP contribution in [0.2, 0.25) is 15.1 Å². The fraction of sp³-hybridized carbons (Fsp3) is 0.360. The average Bonchev–Trinajstić information content (AvgIpc) is 3.55. The maximum Gasteiger partial charge on any atom is 0.269 e. The van der Waals surface area contributed by atoms with Crippen molar-refractivity contribution >= 4 is 57.8 Å². The van der Waals surface area contributed by atoms with Gasteiger partial charge in [-0.1, -0.05) is 40.0 Å². The van der Waals surface area contributed by atoms with E-state index in [2.05, 4.69) is 5.16 Å². The Kier molecular flexibility index (Phi) is 8.04. The minimum atomic E-state index is -2.88. The molecule has 1 fully saturated rings. The molecule has 0 N–H and O–H groups in total. The molecule has 2 aromatic heterocycles. The molecule has 1 aromatic carbocycles. The number of thiazole rings is 1. The van der Waals surface area contributed by atoms with Gasteiger partial charge in [0, 0.05) is 47.6 Å². The Morgan fingerprint density at radius 3 is 2.58 bits per heavy atom. The molecule has 5 rings (SSSR count). The molecule has 7 nitrogen and oxygen atoms in total. The van der Waals surface area contributed by atoms with Gasteiger partial charge in [0.05, 0.1) is 26.3 Å². The smallest absolute Gasteiger partial charge is 0.269 e.